The lowest BCUT2D eigenvalue weighted by Gasteiger charge is -2.13. The quantitative estimate of drug-likeness (QED) is 0.424. The molecule has 2 unspecified atom stereocenters. The molecule has 0 aromatic carbocycles. The molecule has 1 aromatic rings. The van der Waals surface area contributed by atoms with Crippen LogP contribution in [0.4, 0.5) is 4.39 Å². The van der Waals surface area contributed by atoms with E-state index in [2.05, 4.69) is 15.3 Å². The Kier molecular flexibility index (Phi) is 4.26. The number of rotatable bonds is 5. The van der Waals surface area contributed by atoms with Gasteiger partial charge in [0, 0.05) is 18.3 Å². The van der Waals surface area contributed by atoms with Crippen LogP contribution in [-0.2, 0) is 11.2 Å². The molecule has 2 atom stereocenters. The molecule has 3 N–H and O–H groups in total. The van der Waals surface area contributed by atoms with Crippen LogP contribution < -0.4 is 5.32 Å². The second-order valence-corrected chi connectivity index (χ2v) is 3.73. The number of hydrogen-bond donors (Lipinski definition) is 3. The van der Waals surface area contributed by atoms with Gasteiger partial charge in [-0.05, 0) is 22.6 Å². The lowest BCUT2D eigenvalue weighted by molar-refractivity contribution is -0.139. The fraction of sp³-hybridized carbons (Fsp3) is 0.429. The topological polar surface area (TPSA) is 78.0 Å². The van der Waals surface area contributed by atoms with Gasteiger partial charge in [0.1, 0.15) is 6.04 Å². The minimum absolute atomic E-state index is 0.179. The number of alkyl halides is 2. The summed E-state index contributed by atoms with van der Waals surface area (Å²) in [4.78, 5) is 17.2. The monoisotopic (exact) mass is 313 g/mol. The van der Waals surface area contributed by atoms with E-state index in [1.54, 1.807) is 0 Å². The Morgan fingerprint density at radius 3 is 3.00 bits per heavy atom. The molecule has 1 rings (SSSR count). The summed E-state index contributed by atoms with van der Waals surface area (Å²) in [5.74, 6) is -1.08. The van der Waals surface area contributed by atoms with Gasteiger partial charge in [-0.1, -0.05) is 0 Å². The minimum Gasteiger partial charge on any atom is -0.480 e. The number of carboxylic acids is 1. The van der Waals surface area contributed by atoms with Crippen molar-refractivity contribution in [2.24, 2.45) is 0 Å². The first-order valence-electron chi connectivity index (χ1n) is 3.84. The van der Waals surface area contributed by atoms with Crippen molar-refractivity contribution in [1.29, 1.82) is 0 Å². The third-order valence-electron chi connectivity index (χ3n) is 1.60. The third-order valence-corrected chi connectivity index (χ3v) is 1.96. The summed E-state index contributed by atoms with van der Waals surface area (Å²) in [6.45, 7) is 0. The molecule has 5 nitrogen and oxygen atoms in total. The van der Waals surface area contributed by atoms with E-state index in [-0.39, 0.29) is 6.42 Å². The average Bonchev–Trinajstić information content (AvgIpc) is 2.54. The molecule has 0 spiro atoms. The second kappa shape index (κ2) is 5.25. The number of hydrogen-bond acceptors (Lipinski definition) is 3. The molecule has 14 heavy (non-hydrogen) atoms. The highest BCUT2D eigenvalue weighted by Gasteiger charge is 2.20. The van der Waals surface area contributed by atoms with Crippen LogP contribution in [0.2, 0.25) is 0 Å². The first-order chi connectivity index (χ1) is 6.59. The van der Waals surface area contributed by atoms with E-state index in [0.717, 1.165) is 0 Å². The maximum Gasteiger partial charge on any atom is 0.321 e. The van der Waals surface area contributed by atoms with E-state index in [0.29, 0.717) is 5.69 Å². The van der Waals surface area contributed by atoms with Crippen LogP contribution in [0, 0.1) is 0 Å². The summed E-state index contributed by atoms with van der Waals surface area (Å²) in [6.07, 6.45) is 3.14. The number of aromatic nitrogens is 2. The highest BCUT2D eigenvalue weighted by atomic mass is 127. The highest BCUT2D eigenvalue weighted by Crippen LogP contribution is 2.04. The molecule has 78 valence electrons. The van der Waals surface area contributed by atoms with Crippen LogP contribution in [0.25, 0.3) is 0 Å². The number of H-pyrrole nitrogens is 1. The van der Waals surface area contributed by atoms with Crippen LogP contribution in [0.15, 0.2) is 12.5 Å². The van der Waals surface area contributed by atoms with Gasteiger partial charge in [0.25, 0.3) is 0 Å². The van der Waals surface area contributed by atoms with E-state index < -0.39 is 16.3 Å². The summed E-state index contributed by atoms with van der Waals surface area (Å²) in [5.41, 5.74) is 0.655. The van der Waals surface area contributed by atoms with Gasteiger partial charge in [0.05, 0.1) is 6.33 Å². The number of aromatic amines is 1. The molecule has 0 radical (unpaired) electrons. The molecule has 0 aliphatic rings. The largest absolute Gasteiger partial charge is 0.480 e. The van der Waals surface area contributed by atoms with E-state index in [1.165, 1.54) is 35.1 Å². The van der Waals surface area contributed by atoms with Gasteiger partial charge in [-0.15, -0.1) is 0 Å². The van der Waals surface area contributed by atoms with Crippen molar-refractivity contribution in [3.05, 3.63) is 18.2 Å². The van der Waals surface area contributed by atoms with Gasteiger partial charge in [-0.3, -0.25) is 10.1 Å². The molecule has 1 heterocycles. The maximum absolute atomic E-state index is 12.5. The van der Waals surface area contributed by atoms with Crippen LogP contribution in [0.1, 0.15) is 5.69 Å². The molecule has 0 fully saturated rings. The number of imidazole rings is 1. The van der Waals surface area contributed by atoms with Gasteiger partial charge < -0.3 is 10.1 Å². The van der Waals surface area contributed by atoms with Crippen molar-refractivity contribution in [3.8, 4) is 0 Å². The first-order valence-corrected chi connectivity index (χ1v) is 5.08. The lowest BCUT2D eigenvalue weighted by atomic mass is 10.2. The second-order valence-electron chi connectivity index (χ2n) is 2.64. The van der Waals surface area contributed by atoms with Crippen molar-refractivity contribution in [3.63, 3.8) is 0 Å². The highest BCUT2D eigenvalue weighted by molar-refractivity contribution is 14.1. The van der Waals surface area contributed by atoms with Crippen molar-refractivity contribution < 1.29 is 14.3 Å². The van der Waals surface area contributed by atoms with Crippen LogP contribution in [0.3, 0.4) is 0 Å². The van der Waals surface area contributed by atoms with Gasteiger partial charge in [0.15, 0.2) is 0 Å². The Balaban J connectivity index is 2.56. The van der Waals surface area contributed by atoms with Gasteiger partial charge in [-0.25, -0.2) is 9.37 Å². The molecule has 1 aromatic heterocycles. The SMILES string of the molecule is O=C(O)C(Cc1cnc[nH]1)NC(F)I. The fourth-order valence-electron chi connectivity index (χ4n) is 0.986. The van der Waals surface area contributed by atoms with E-state index >= 15 is 0 Å². The van der Waals surface area contributed by atoms with Gasteiger partial charge >= 0.3 is 5.97 Å². The number of carboxylic acid groups (broad SMARTS) is 1. The zero-order chi connectivity index (χ0) is 10.6. The standard InChI is InChI=1S/C7H9FIN3O2/c8-7(9)12-5(6(13)14)1-4-2-10-3-11-4/h2-3,5,7,12H,1H2,(H,10,11)(H,13,14). The summed E-state index contributed by atoms with van der Waals surface area (Å²) >= 11 is 1.47. The summed E-state index contributed by atoms with van der Waals surface area (Å²) in [5, 5.41) is 11.0. The maximum atomic E-state index is 12.5. The Labute approximate surface area is 93.3 Å². The Morgan fingerprint density at radius 2 is 2.57 bits per heavy atom. The Hall–Kier alpha value is -0.700. The number of nitrogens with zero attached hydrogens (tertiary/aromatic N) is 1. The zero-order valence-electron chi connectivity index (χ0n) is 7.08. The Morgan fingerprint density at radius 1 is 1.86 bits per heavy atom. The van der Waals surface area contributed by atoms with Crippen molar-refractivity contribution in [1.82, 2.24) is 15.3 Å². The molecule has 0 aliphatic heterocycles. The molecular formula is C7H9FIN3O2. The summed E-state index contributed by atoms with van der Waals surface area (Å²) in [7, 11) is 0. The molecule has 0 aliphatic carbocycles. The lowest BCUT2D eigenvalue weighted by Crippen LogP contribution is -2.40. The molecule has 0 saturated carbocycles. The van der Waals surface area contributed by atoms with E-state index in [4.69, 9.17) is 5.11 Å². The minimum atomic E-state index is -1.38. The van der Waals surface area contributed by atoms with Crippen molar-refractivity contribution in [2.75, 3.05) is 0 Å². The fourth-order valence-corrected chi connectivity index (χ4v) is 1.42. The molecule has 0 amide bonds. The smallest absolute Gasteiger partial charge is 0.321 e. The summed E-state index contributed by atoms with van der Waals surface area (Å²) < 4.78 is 11.1. The predicted octanol–water partition coefficient (Wildman–Crippen LogP) is 0.683. The number of carbonyl (C=O) groups is 1. The molecular weight excluding hydrogens is 304 g/mol. The average molecular weight is 313 g/mol. The van der Waals surface area contributed by atoms with Crippen LogP contribution in [-0.4, -0.2) is 31.4 Å². The number of halogens is 2. The molecule has 0 bridgehead atoms. The number of nitrogens with one attached hydrogen (secondary N) is 2. The molecule has 0 saturated heterocycles. The van der Waals surface area contributed by atoms with E-state index in [9.17, 15) is 9.18 Å². The van der Waals surface area contributed by atoms with Gasteiger partial charge in [0.2, 0.25) is 4.30 Å². The van der Waals surface area contributed by atoms with Gasteiger partial charge in [-0.2, -0.15) is 0 Å². The normalized spacial score (nSPS) is 15.0. The summed E-state index contributed by atoms with van der Waals surface area (Å²) in [6, 6.07) is -0.942. The van der Waals surface area contributed by atoms with Crippen LogP contribution >= 0.6 is 22.6 Å². The third kappa shape index (κ3) is 3.58. The van der Waals surface area contributed by atoms with Crippen molar-refractivity contribution in [2.45, 2.75) is 16.8 Å². The number of aliphatic carboxylic acids is 1. The zero-order valence-corrected chi connectivity index (χ0v) is 9.23. The van der Waals surface area contributed by atoms with Crippen molar-refractivity contribution >= 4 is 28.6 Å². The Bertz CT molecular complexity index is 291. The van der Waals surface area contributed by atoms with Crippen LogP contribution in [0.5, 0.6) is 0 Å². The first kappa shape index (κ1) is 11.4. The van der Waals surface area contributed by atoms with E-state index in [1.807, 2.05) is 0 Å². The molecule has 7 heteroatoms. The predicted molar refractivity (Wildman–Crippen MR) is 55.8 cm³/mol.